The Labute approximate surface area is 141 Å². The average Bonchev–Trinajstić information content (AvgIpc) is 2.58. The fourth-order valence-electron chi connectivity index (χ4n) is 1.75. The molecule has 0 aliphatic heterocycles. The Balaban J connectivity index is 2.50. The van der Waals surface area contributed by atoms with Crippen LogP contribution < -0.4 is 10.0 Å². The molecule has 0 spiro atoms. The first-order valence-corrected chi connectivity index (χ1v) is 8.78. The normalized spacial score (nSPS) is 11.1. The van der Waals surface area contributed by atoms with Crippen molar-refractivity contribution in [2.24, 2.45) is 0 Å². The number of carbonyl (C=O) groups excluding carboxylic acids is 2. The third-order valence-electron chi connectivity index (χ3n) is 3.11. The van der Waals surface area contributed by atoms with Gasteiger partial charge in [0.15, 0.2) is 0 Å². The van der Waals surface area contributed by atoms with Gasteiger partial charge in [-0.25, -0.2) is 13.1 Å². The molecule has 0 aromatic heterocycles. The van der Waals surface area contributed by atoms with Crippen molar-refractivity contribution in [1.29, 1.82) is 0 Å². The summed E-state index contributed by atoms with van der Waals surface area (Å²) in [4.78, 5) is 22.7. The summed E-state index contributed by atoms with van der Waals surface area (Å²) in [5, 5.41) is 2.65. The number of benzene rings is 1. The van der Waals surface area contributed by atoms with E-state index in [-0.39, 0.29) is 43.3 Å². The highest BCUT2D eigenvalue weighted by molar-refractivity contribution is 7.89. The molecule has 0 aliphatic rings. The number of nitrogens with one attached hydrogen (secondary N) is 2. The zero-order valence-electron chi connectivity index (χ0n) is 13.7. The highest BCUT2D eigenvalue weighted by Crippen LogP contribution is 2.10. The Morgan fingerprint density at radius 2 is 1.75 bits per heavy atom. The third-order valence-corrected chi connectivity index (χ3v) is 4.58. The van der Waals surface area contributed by atoms with E-state index >= 15 is 0 Å². The van der Waals surface area contributed by atoms with E-state index in [1.165, 1.54) is 26.4 Å². The van der Waals surface area contributed by atoms with Crippen molar-refractivity contribution in [3.63, 3.8) is 0 Å². The van der Waals surface area contributed by atoms with Crippen LogP contribution in [0.25, 0.3) is 0 Å². The van der Waals surface area contributed by atoms with Gasteiger partial charge in [0.05, 0.1) is 25.0 Å². The fourth-order valence-corrected chi connectivity index (χ4v) is 2.77. The molecule has 0 unspecified atom stereocenters. The fraction of sp³-hybridized carbons (Fsp3) is 0.467. The predicted molar refractivity (Wildman–Crippen MR) is 86.6 cm³/mol. The highest BCUT2D eigenvalue weighted by Gasteiger charge is 2.13. The lowest BCUT2D eigenvalue weighted by atomic mass is 10.2. The summed E-state index contributed by atoms with van der Waals surface area (Å²) in [6.07, 6.45) is 0.0647. The van der Waals surface area contributed by atoms with E-state index in [0.717, 1.165) is 5.56 Å². The predicted octanol–water partition coefficient (Wildman–Crippen LogP) is 0.181. The number of esters is 1. The molecular formula is C15H22N2O6S. The molecule has 1 rings (SSSR count). The van der Waals surface area contributed by atoms with Gasteiger partial charge in [-0.15, -0.1) is 0 Å². The van der Waals surface area contributed by atoms with Gasteiger partial charge < -0.3 is 14.8 Å². The van der Waals surface area contributed by atoms with E-state index in [4.69, 9.17) is 4.74 Å². The summed E-state index contributed by atoms with van der Waals surface area (Å²) < 4.78 is 35.6. The molecule has 0 atom stereocenters. The number of carbonyl (C=O) groups is 2. The van der Waals surface area contributed by atoms with Crippen molar-refractivity contribution in [2.45, 2.75) is 24.3 Å². The number of rotatable bonds is 10. The van der Waals surface area contributed by atoms with Crippen LogP contribution in [0.4, 0.5) is 0 Å². The molecule has 0 saturated heterocycles. The van der Waals surface area contributed by atoms with Crippen LogP contribution in [0.2, 0.25) is 0 Å². The summed E-state index contributed by atoms with van der Waals surface area (Å²) in [5.74, 6) is -0.723. The number of hydrogen-bond donors (Lipinski definition) is 2. The second kappa shape index (κ2) is 10.0. The van der Waals surface area contributed by atoms with Gasteiger partial charge in [-0.05, 0) is 17.7 Å². The lowest BCUT2D eigenvalue weighted by Crippen LogP contribution is -2.27. The molecule has 134 valence electrons. The van der Waals surface area contributed by atoms with Crippen LogP contribution in [0.15, 0.2) is 29.2 Å². The van der Waals surface area contributed by atoms with Crippen LogP contribution in [0.1, 0.15) is 18.4 Å². The minimum absolute atomic E-state index is 0.0205. The van der Waals surface area contributed by atoms with Gasteiger partial charge in [0.25, 0.3) is 0 Å². The molecule has 0 aliphatic carbocycles. The molecule has 0 bridgehead atoms. The first-order chi connectivity index (χ1) is 11.4. The summed E-state index contributed by atoms with van der Waals surface area (Å²) in [7, 11) is -0.818. The van der Waals surface area contributed by atoms with Crippen LogP contribution in [0.5, 0.6) is 0 Å². The van der Waals surface area contributed by atoms with Gasteiger partial charge in [-0.1, -0.05) is 12.1 Å². The third kappa shape index (κ3) is 7.07. The Kier molecular flexibility index (Phi) is 8.37. The summed E-state index contributed by atoms with van der Waals surface area (Å²) in [6.45, 7) is 0.725. The first kappa shape index (κ1) is 20.1. The van der Waals surface area contributed by atoms with E-state index in [1.807, 2.05) is 0 Å². The number of sulfonamides is 1. The maximum Gasteiger partial charge on any atom is 0.306 e. The van der Waals surface area contributed by atoms with Gasteiger partial charge in [0.1, 0.15) is 0 Å². The van der Waals surface area contributed by atoms with Crippen molar-refractivity contribution in [2.75, 3.05) is 27.4 Å². The second-order valence-corrected chi connectivity index (χ2v) is 6.65. The van der Waals surface area contributed by atoms with Crippen molar-refractivity contribution in [1.82, 2.24) is 10.0 Å². The van der Waals surface area contributed by atoms with Crippen molar-refractivity contribution in [3.05, 3.63) is 29.8 Å². The van der Waals surface area contributed by atoms with Crippen LogP contribution in [-0.4, -0.2) is 47.7 Å². The quantitative estimate of drug-likeness (QED) is 0.456. The van der Waals surface area contributed by atoms with Crippen molar-refractivity contribution < 1.29 is 27.5 Å². The van der Waals surface area contributed by atoms with Gasteiger partial charge >= 0.3 is 5.97 Å². The second-order valence-electron chi connectivity index (χ2n) is 4.89. The largest absolute Gasteiger partial charge is 0.469 e. The highest BCUT2D eigenvalue weighted by atomic mass is 32.2. The number of methoxy groups -OCH3 is 2. The minimum Gasteiger partial charge on any atom is -0.469 e. The molecule has 0 saturated carbocycles. The molecular weight excluding hydrogens is 336 g/mol. The number of hydrogen-bond acceptors (Lipinski definition) is 6. The van der Waals surface area contributed by atoms with Gasteiger partial charge in [0, 0.05) is 26.6 Å². The average molecular weight is 358 g/mol. The van der Waals surface area contributed by atoms with E-state index in [1.54, 1.807) is 12.1 Å². The van der Waals surface area contributed by atoms with Gasteiger partial charge in [-0.3, -0.25) is 9.59 Å². The Morgan fingerprint density at radius 3 is 2.33 bits per heavy atom. The van der Waals surface area contributed by atoms with E-state index in [0.29, 0.717) is 0 Å². The molecule has 1 amide bonds. The maximum atomic E-state index is 12.0. The van der Waals surface area contributed by atoms with Crippen molar-refractivity contribution in [3.8, 4) is 0 Å². The summed E-state index contributed by atoms with van der Waals surface area (Å²) in [5.41, 5.74) is 0.747. The molecule has 0 fully saturated rings. The van der Waals surface area contributed by atoms with Crippen LogP contribution in [0, 0.1) is 0 Å². The molecule has 8 nitrogen and oxygen atoms in total. The zero-order valence-corrected chi connectivity index (χ0v) is 14.5. The van der Waals surface area contributed by atoms with Crippen LogP contribution >= 0.6 is 0 Å². The van der Waals surface area contributed by atoms with E-state index in [9.17, 15) is 18.0 Å². The van der Waals surface area contributed by atoms with E-state index in [2.05, 4.69) is 14.8 Å². The Hall–Kier alpha value is -1.97. The summed E-state index contributed by atoms with van der Waals surface area (Å²) >= 11 is 0. The lowest BCUT2D eigenvalue weighted by molar-refractivity contribution is -0.142. The first-order valence-electron chi connectivity index (χ1n) is 7.30. The zero-order chi connectivity index (χ0) is 18.0. The number of ether oxygens (including phenoxy) is 2. The monoisotopic (exact) mass is 358 g/mol. The van der Waals surface area contributed by atoms with Crippen molar-refractivity contribution >= 4 is 21.9 Å². The van der Waals surface area contributed by atoms with Crippen LogP contribution in [0.3, 0.4) is 0 Å². The molecule has 1 aromatic rings. The maximum absolute atomic E-state index is 12.0. The Morgan fingerprint density at radius 1 is 1.08 bits per heavy atom. The lowest BCUT2D eigenvalue weighted by Gasteiger charge is -2.08. The molecule has 9 heteroatoms. The molecule has 0 radical (unpaired) electrons. The molecule has 24 heavy (non-hydrogen) atoms. The van der Waals surface area contributed by atoms with E-state index < -0.39 is 16.0 Å². The smallest absolute Gasteiger partial charge is 0.306 e. The molecule has 1 aromatic carbocycles. The standard InChI is InChI=1S/C15H22N2O6S/c1-22-10-9-17-24(20,21)13-5-3-12(4-6-13)11-16-14(18)7-8-15(19)23-2/h3-6,17H,7-11H2,1-2H3,(H,16,18). The number of amides is 1. The molecule has 0 heterocycles. The van der Waals surface area contributed by atoms with Crippen LogP contribution in [-0.2, 0) is 35.6 Å². The summed E-state index contributed by atoms with van der Waals surface area (Å²) in [6, 6.07) is 6.16. The van der Waals surface area contributed by atoms with Gasteiger partial charge in [0.2, 0.25) is 15.9 Å². The Bertz CT molecular complexity index is 642. The van der Waals surface area contributed by atoms with Gasteiger partial charge in [-0.2, -0.15) is 0 Å². The topological polar surface area (TPSA) is 111 Å². The molecule has 2 N–H and O–H groups in total. The minimum atomic E-state index is -3.57. The SMILES string of the molecule is COCCNS(=O)(=O)c1ccc(CNC(=O)CCC(=O)OC)cc1.